The first-order chi connectivity index (χ1) is 14.7. The normalized spacial score (nSPS) is 14.8. The highest BCUT2D eigenvalue weighted by Crippen LogP contribution is 2.15. The third-order valence-electron chi connectivity index (χ3n) is 5.24. The van der Waals surface area contributed by atoms with Crippen molar-refractivity contribution in [3.8, 4) is 11.4 Å². The number of aromatic nitrogens is 3. The molecule has 1 fully saturated rings. The van der Waals surface area contributed by atoms with Gasteiger partial charge < -0.3 is 14.2 Å². The summed E-state index contributed by atoms with van der Waals surface area (Å²) in [6, 6.07) is 12.0. The van der Waals surface area contributed by atoms with Crippen molar-refractivity contribution in [1.82, 2.24) is 24.9 Å². The molecule has 30 heavy (non-hydrogen) atoms. The van der Waals surface area contributed by atoms with E-state index in [9.17, 15) is 4.79 Å². The molecule has 8 nitrogen and oxygen atoms in total. The third-order valence-corrected chi connectivity index (χ3v) is 5.24. The lowest BCUT2D eigenvalue weighted by Gasteiger charge is -2.35. The summed E-state index contributed by atoms with van der Waals surface area (Å²) in [5.41, 5.74) is 3.46. The molecule has 156 valence electrons. The lowest BCUT2D eigenvalue weighted by Crippen LogP contribution is -2.49. The number of piperazine rings is 1. The van der Waals surface area contributed by atoms with Gasteiger partial charge in [-0.2, -0.15) is 4.98 Å². The van der Waals surface area contributed by atoms with Crippen LogP contribution < -0.4 is 0 Å². The van der Waals surface area contributed by atoms with E-state index in [1.807, 2.05) is 4.90 Å². The van der Waals surface area contributed by atoms with E-state index in [1.54, 1.807) is 24.5 Å². The van der Waals surface area contributed by atoms with Crippen LogP contribution in [0.2, 0.25) is 0 Å². The molecule has 1 aromatic carbocycles. The zero-order valence-electron chi connectivity index (χ0n) is 17.0. The number of nitrogens with zero attached hydrogens (tertiary/aromatic N) is 5. The largest absolute Gasteiger partial charge is 0.362 e. The van der Waals surface area contributed by atoms with Crippen LogP contribution >= 0.6 is 0 Å². The molecule has 0 bridgehead atoms. The number of amides is 1. The molecule has 0 aliphatic carbocycles. The average Bonchev–Trinajstić information content (AvgIpc) is 3.25. The van der Waals surface area contributed by atoms with E-state index in [1.165, 1.54) is 11.1 Å². The van der Waals surface area contributed by atoms with Crippen LogP contribution in [0.4, 0.5) is 0 Å². The van der Waals surface area contributed by atoms with Gasteiger partial charge in [0.2, 0.25) is 11.7 Å². The van der Waals surface area contributed by atoms with Crippen LogP contribution in [0.15, 0.2) is 53.3 Å². The summed E-state index contributed by atoms with van der Waals surface area (Å²) >= 11 is 0. The standard InChI is InChI=1S/C22H25N5O3/c1-17-4-2-3-5-19(17)14-26-10-12-27(13-11-26)21(28)16-29-15-20-24-22(25-30-20)18-6-8-23-9-7-18/h2-9H,10-16H2,1H3. The molecule has 0 saturated carbocycles. The molecular weight excluding hydrogens is 382 g/mol. The number of carbonyl (C=O) groups excluding carboxylic acids is 1. The molecule has 0 radical (unpaired) electrons. The summed E-state index contributed by atoms with van der Waals surface area (Å²) in [5.74, 6) is 0.809. The second kappa shape index (κ2) is 9.60. The molecule has 0 atom stereocenters. The number of hydrogen-bond donors (Lipinski definition) is 0. The summed E-state index contributed by atoms with van der Waals surface area (Å²) in [6.45, 7) is 6.31. The third kappa shape index (κ3) is 5.08. The Bertz CT molecular complexity index is 968. The molecule has 0 unspecified atom stereocenters. The van der Waals surface area contributed by atoms with Crippen molar-refractivity contribution >= 4 is 5.91 Å². The van der Waals surface area contributed by atoms with Crippen molar-refractivity contribution < 1.29 is 14.1 Å². The fraction of sp³-hybridized carbons (Fsp3) is 0.364. The van der Waals surface area contributed by atoms with Gasteiger partial charge in [0.1, 0.15) is 13.2 Å². The van der Waals surface area contributed by atoms with E-state index < -0.39 is 0 Å². The van der Waals surface area contributed by atoms with Crippen LogP contribution in [0.5, 0.6) is 0 Å². The molecule has 3 aromatic rings. The first-order valence-corrected chi connectivity index (χ1v) is 10.0. The number of aryl methyl sites for hydroxylation is 1. The minimum Gasteiger partial charge on any atom is -0.362 e. The quantitative estimate of drug-likeness (QED) is 0.594. The molecular formula is C22H25N5O3. The SMILES string of the molecule is Cc1ccccc1CN1CCN(C(=O)COCc2nc(-c3ccncc3)no2)CC1. The Balaban J connectivity index is 1.19. The van der Waals surface area contributed by atoms with Crippen LogP contribution in [0.25, 0.3) is 11.4 Å². The van der Waals surface area contributed by atoms with Crippen molar-refractivity contribution in [3.05, 3.63) is 65.8 Å². The number of pyridine rings is 1. The molecule has 0 spiro atoms. The number of hydrogen-bond acceptors (Lipinski definition) is 7. The van der Waals surface area contributed by atoms with Gasteiger partial charge in [-0.3, -0.25) is 14.7 Å². The van der Waals surface area contributed by atoms with Crippen molar-refractivity contribution in [2.75, 3.05) is 32.8 Å². The Labute approximate surface area is 175 Å². The number of carbonyl (C=O) groups is 1. The van der Waals surface area contributed by atoms with Crippen molar-refractivity contribution in [1.29, 1.82) is 0 Å². The first kappa shape index (κ1) is 20.2. The molecule has 0 N–H and O–H groups in total. The van der Waals surface area contributed by atoms with E-state index in [0.29, 0.717) is 24.8 Å². The molecule has 1 amide bonds. The first-order valence-electron chi connectivity index (χ1n) is 10.0. The molecule has 1 aliphatic rings. The smallest absolute Gasteiger partial charge is 0.252 e. The highest BCUT2D eigenvalue weighted by Gasteiger charge is 2.21. The predicted octanol–water partition coefficient (Wildman–Crippen LogP) is 2.30. The van der Waals surface area contributed by atoms with Crippen molar-refractivity contribution in [3.63, 3.8) is 0 Å². The van der Waals surface area contributed by atoms with Gasteiger partial charge in [-0.25, -0.2) is 0 Å². The topological polar surface area (TPSA) is 84.6 Å². The Kier molecular flexibility index (Phi) is 6.46. The summed E-state index contributed by atoms with van der Waals surface area (Å²) in [6.07, 6.45) is 3.34. The zero-order chi connectivity index (χ0) is 20.8. The van der Waals surface area contributed by atoms with Gasteiger partial charge in [0.25, 0.3) is 5.89 Å². The highest BCUT2D eigenvalue weighted by molar-refractivity contribution is 5.77. The van der Waals surface area contributed by atoms with Crippen LogP contribution in [-0.2, 0) is 22.7 Å². The van der Waals surface area contributed by atoms with E-state index in [0.717, 1.165) is 25.2 Å². The van der Waals surface area contributed by atoms with Gasteiger partial charge in [0.05, 0.1) is 0 Å². The van der Waals surface area contributed by atoms with Gasteiger partial charge in [0.15, 0.2) is 0 Å². The maximum absolute atomic E-state index is 12.4. The fourth-order valence-corrected chi connectivity index (χ4v) is 3.43. The number of ether oxygens (including phenoxy) is 1. The van der Waals surface area contributed by atoms with E-state index in [2.05, 4.69) is 51.2 Å². The average molecular weight is 407 g/mol. The van der Waals surface area contributed by atoms with Crippen molar-refractivity contribution in [2.24, 2.45) is 0 Å². The van der Waals surface area contributed by atoms with Gasteiger partial charge in [-0.15, -0.1) is 0 Å². The van der Waals surface area contributed by atoms with E-state index in [-0.39, 0.29) is 19.1 Å². The van der Waals surface area contributed by atoms with Gasteiger partial charge in [-0.05, 0) is 30.2 Å². The minimum atomic E-state index is -0.0144. The molecule has 3 heterocycles. The second-order valence-electron chi connectivity index (χ2n) is 7.32. The number of benzene rings is 1. The lowest BCUT2D eigenvalue weighted by atomic mass is 10.1. The molecule has 4 rings (SSSR count). The highest BCUT2D eigenvalue weighted by atomic mass is 16.5. The minimum absolute atomic E-state index is 0.00473. The summed E-state index contributed by atoms with van der Waals surface area (Å²) < 4.78 is 10.7. The second-order valence-corrected chi connectivity index (χ2v) is 7.32. The van der Waals surface area contributed by atoms with Gasteiger partial charge in [-0.1, -0.05) is 29.4 Å². The van der Waals surface area contributed by atoms with Crippen LogP contribution in [-0.4, -0.2) is 63.6 Å². The molecule has 2 aromatic heterocycles. The van der Waals surface area contributed by atoms with E-state index in [4.69, 9.17) is 9.26 Å². The maximum atomic E-state index is 12.4. The molecule has 1 aliphatic heterocycles. The van der Waals surface area contributed by atoms with Crippen LogP contribution in [0.3, 0.4) is 0 Å². The Morgan fingerprint density at radius 2 is 1.87 bits per heavy atom. The Morgan fingerprint density at radius 3 is 2.63 bits per heavy atom. The van der Waals surface area contributed by atoms with E-state index >= 15 is 0 Å². The van der Waals surface area contributed by atoms with Crippen molar-refractivity contribution in [2.45, 2.75) is 20.1 Å². The van der Waals surface area contributed by atoms with Gasteiger partial charge >= 0.3 is 0 Å². The summed E-state index contributed by atoms with van der Waals surface area (Å²) in [7, 11) is 0. The van der Waals surface area contributed by atoms with Gasteiger partial charge in [0, 0.05) is 50.7 Å². The summed E-state index contributed by atoms with van der Waals surface area (Å²) in [4.78, 5) is 24.9. The predicted molar refractivity (Wildman–Crippen MR) is 110 cm³/mol. The molecule has 1 saturated heterocycles. The summed E-state index contributed by atoms with van der Waals surface area (Å²) in [5, 5.41) is 3.93. The van der Waals surface area contributed by atoms with Crippen LogP contribution in [0, 0.1) is 6.92 Å². The maximum Gasteiger partial charge on any atom is 0.252 e. The van der Waals surface area contributed by atoms with Crippen LogP contribution in [0.1, 0.15) is 17.0 Å². The number of rotatable bonds is 7. The monoisotopic (exact) mass is 407 g/mol. The zero-order valence-corrected chi connectivity index (χ0v) is 17.0. The Morgan fingerprint density at radius 1 is 1.10 bits per heavy atom. The lowest BCUT2D eigenvalue weighted by molar-refractivity contribution is -0.138. The fourth-order valence-electron chi connectivity index (χ4n) is 3.43. The Hall–Kier alpha value is -3.10. The molecule has 8 heteroatoms.